The fraction of sp³-hybridized carbons (Fsp3) is 0.273. The summed E-state index contributed by atoms with van der Waals surface area (Å²) in [6, 6.07) is 18.2. The van der Waals surface area contributed by atoms with Gasteiger partial charge in [0.15, 0.2) is 6.61 Å². The van der Waals surface area contributed by atoms with E-state index >= 15 is 0 Å². The van der Waals surface area contributed by atoms with Gasteiger partial charge in [-0.1, -0.05) is 23.5 Å². The molecule has 48 heavy (non-hydrogen) atoms. The number of halogens is 1. The fourth-order valence-electron chi connectivity index (χ4n) is 8.08. The lowest BCUT2D eigenvalue weighted by atomic mass is 9.68. The van der Waals surface area contributed by atoms with Crippen molar-refractivity contribution >= 4 is 62.2 Å². The van der Waals surface area contributed by atoms with Crippen LogP contribution in [-0.4, -0.2) is 43.0 Å². The summed E-state index contributed by atoms with van der Waals surface area (Å²) in [5.74, 6) is -2.18. The molecule has 2 bridgehead atoms. The zero-order valence-corrected chi connectivity index (χ0v) is 27.3. The summed E-state index contributed by atoms with van der Waals surface area (Å²) >= 11 is 2.76. The minimum atomic E-state index is -3.85. The number of thiazole rings is 1. The largest absolute Gasteiger partial charge is 0.484 e. The molecular formula is C33H27FN4O7S3. The number of aromatic nitrogens is 1. The Hall–Kier alpha value is -4.31. The van der Waals surface area contributed by atoms with Crippen LogP contribution in [0, 0.1) is 35.4 Å². The molecule has 11 nitrogen and oxygen atoms in total. The van der Waals surface area contributed by atoms with Gasteiger partial charge in [0.2, 0.25) is 21.8 Å². The standard InChI is InChI=1S/C33H27FN4O7S3/c34-16-3-7-18(8-4-16)38-31(40)26-21-13-22(27(26)32(38)41)28-25(21)24(29-30(46-28)37-33(42)47-29)15-1-9-19(10-2-15)45-14-23(39)36-17-5-11-20(12-6-17)48(35,43)44/h1-12,21-22,24-28H,13-14H2,(H,36,39)(H,37,42)(H2,35,43,44)/t21-,22-,24-,25?,26?,27?,28?/m1/s1. The van der Waals surface area contributed by atoms with Gasteiger partial charge in [-0.2, -0.15) is 0 Å². The molecule has 3 amide bonds. The fourth-order valence-corrected chi connectivity index (χ4v) is 11.5. The van der Waals surface area contributed by atoms with E-state index < -0.39 is 33.6 Å². The number of hydrogen-bond acceptors (Lipinski definition) is 9. The van der Waals surface area contributed by atoms with Crippen molar-refractivity contribution in [3.63, 3.8) is 0 Å². The first-order valence-corrected chi connectivity index (χ1v) is 18.4. The molecule has 0 radical (unpaired) electrons. The Labute approximate surface area is 281 Å². The molecule has 15 heteroatoms. The number of benzene rings is 3. The molecule has 8 rings (SSSR count). The number of nitrogens with one attached hydrogen (secondary N) is 2. The van der Waals surface area contributed by atoms with Crippen molar-refractivity contribution in [2.45, 2.75) is 27.5 Å². The Kier molecular flexibility index (Phi) is 7.36. The lowest BCUT2D eigenvalue weighted by molar-refractivity contribution is -0.123. The Morgan fingerprint density at radius 3 is 2.29 bits per heavy atom. The van der Waals surface area contributed by atoms with Crippen LogP contribution < -0.4 is 25.0 Å². The van der Waals surface area contributed by atoms with Gasteiger partial charge in [0.25, 0.3) is 5.91 Å². The number of thioether (sulfide) groups is 1. The van der Waals surface area contributed by atoms with E-state index in [1.54, 1.807) is 23.9 Å². The minimum absolute atomic E-state index is 0.00307. The van der Waals surface area contributed by atoms with Crippen LogP contribution in [-0.2, 0) is 24.4 Å². The third-order valence-corrected chi connectivity index (χ3v) is 13.4. The predicted octanol–water partition coefficient (Wildman–Crippen LogP) is 3.92. The number of ether oxygens (including phenoxy) is 1. The molecule has 4 aromatic rings. The van der Waals surface area contributed by atoms with Gasteiger partial charge in [0.1, 0.15) is 11.6 Å². The van der Waals surface area contributed by atoms with Crippen LogP contribution in [0.4, 0.5) is 15.8 Å². The lowest BCUT2D eigenvalue weighted by Crippen LogP contribution is -2.42. The van der Waals surface area contributed by atoms with E-state index in [2.05, 4.69) is 10.3 Å². The van der Waals surface area contributed by atoms with Gasteiger partial charge in [-0.15, -0.1) is 11.8 Å². The van der Waals surface area contributed by atoms with Gasteiger partial charge >= 0.3 is 4.87 Å². The number of primary sulfonamides is 1. The van der Waals surface area contributed by atoms with Crippen molar-refractivity contribution in [3.8, 4) is 5.75 Å². The zero-order valence-electron chi connectivity index (χ0n) is 24.9. The number of hydrogen-bond donors (Lipinski definition) is 3. The molecule has 246 valence electrons. The molecule has 4 aliphatic rings. The molecule has 1 aromatic heterocycles. The first kappa shape index (κ1) is 31.0. The van der Waals surface area contributed by atoms with Crippen molar-refractivity contribution in [1.82, 2.24) is 4.98 Å². The topological polar surface area (TPSA) is 169 Å². The highest BCUT2D eigenvalue weighted by atomic mass is 32.2. The summed E-state index contributed by atoms with van der Waals surface area (Å²) in [5.41, 5.74) is 1.69. The van der Waals surface area contributed by atoms with Gasteiger partial charge in [0, 0.05) is 21.7 Å². The Balaban J connectivity index is 1.02. The van der Waals surface area contributed by atoms with Crippen LogP contribution in [0.15, 0.2) is 87.5 Å². The molecule has 3 aromatic carbocycles. The predicted molar refractivity (Wildman–Crippen MR) is 176 cm³/mol. The normalized spacial score (nSPS) is 27.0. The molecular weight excluding hydrogens is 680 g/mol. The number of carbonyl (C=O) groups excluding carboxylic acids is 3. The summed E-state index contributed by atoms with van der Waals surface area (Å²) in [4.78, 5) is 57.5. The molecule has 4 N–H and O–H groups in total. The summed E-state index contributed by atoms with van der Waals surface area (Å²) < 4.78 is 42.3. The van der Waals surface area contributed by atoms with Crippen LogP contribution in [0.1, 0.15) is 22.8 Å². The highest BCUT2D eigenvalue weighted by molar-refractivity contribution is 8.00. The molecule has 2 aliphatic carbocycles. The Morgan fingerprint density at radius 1 is 0.958 bits per heavy atom. The van der Waals surface area contributed by atoms with Gasteiger partial charge < -0.3 is 15.0 Å². The van der Waals surface area contributed by atoms with Gasteiger partial charge in [-0.3, -0.25) is 24.1 Å². The number of nitrogens with zero attached hydrogens (tertiary/aromatic N) is 1. The van der Waals surface area contributed by atoms with Crippen molar-refractivity contribution < 1.29 is 31.9 Å². The van der Waals surface area contributed by atoms with E-state index in [0.29, 0.717) is 17.1 Å². The molecule has 3 heterocycles. The third-order valence-electron chi connectivity index (χ3n) is 9.88. The van der Waals surface area contributed by atoms with E-state index in [9.17, 15) is 32.0 Å². The van der Waals surface area contributed by atoms with Crippen LogP contribution in [0.2, 0.25) is 0 Å². The van der Waals surface area contributed by atoms with Crippen molar-refractivity contribution in [2.75, 3.05) is 16.8 Å². The van der Waals surface area contributed by atoms with Crippen LogP contribution in [0.3, 0.4) is 0 Å². The summed E-state index contributed by atoms with van der Waals surface area (Å²) in [7, 11) is -3.85. The van der Waals surface area contributed by atoms with E-state index in [0.717, 1.165) is 33.2 Å². The number of anilines is 2. The van der Waals surface area contributed by atoms with E-state index in [1.165, 1.54) is 53.4 Å². The van der Waals surface area contributed by atoms with Crippen LogP contribution >= 0.6 is 23.1 Å². The van der Waals surface area contributed by atoms with Crippen LogP contribution in [0.25, 0.3) is 0 Å². The number of H-pyrrole nitrogens is 1. The highest BCUT2D eigenvalue weighted by Crippen LogP contribution is 2.68. The van der Waals surface area contributed by atoms with Crippen molar-refractivity contribution in [3.05, 3.63) is 98.7 Å². The molecule has 7 atom stereocenters. The molecule has 3 fully saturated rings. The number of fused-ring (bicyclic) bond motifs is 9. The number of carbonyl (C=O) groups is 3. The lowest BCUT2D eigenvalue weighted by Gasteiger charge is -2.43. The number of amides is 3. The third kappa shape index (κ3) is 5.07. The van der Waals surface area contributed by atoms with E-state index in [1.807, 2.05) is 12.1 Å². The van der Waals surface area contributed by atoms with Gasteiger partial charge in [-0.25, -0.2) is 17.9 Å². The molecule has 2 saturated carbocycles. The molecule has 0 spiro atoms. The van der Waals surface area contributed by atoms with E-state index in [4.69, 9.17) is 9.88 Å². The summed E-state index contributed by atoms with van der Waals surface area (Å²) in [5, 5.41) is 8.57. The van der Waals surface area contributed by atoms with Crippen molar-refractivity contribution in [2.24, 2.45) is 34.7 Å². The number of imide groups is 1. The monoisotopic (exact) mass is 706 g/mol. The smallest absolute Gasteiger partial charge is 0.305 e. The Bertz CT molecular complexity index is 2130. The number of aromatic amines is 1. The number of sulfonamides is 1. The summed E-state index contributed by atoms with van der Waals surface area (Å²) in [6.45, 7) is -0.294. The number of nitrogens with two attached hydrogens (primary N) is 1. The van der Waals surface area contributed by atoms with Crippen LogP contribution in [0.5, 0.6) is 5.75 Å². The molecule has 4 unspecified atom stereocenters. The van der Waals surface area contributed by atoms with Crippen molar-refractivity contribution in [1.29, 1.82) is 0 Å². The Morgan fingerprint density at radius 2 is 1.62 bits per heavy atom. The van der Waals surface area contributed by atoms with Gasteiger partial charge in [-0.05, 0) is 90.4 Å². The maximum Gasteiger partial charge on any atom is 0.305 e. The van der Waals surface area contributed by atoms with E-state index in [-0.39, 0.29) is 57.1 Å². The average Bonchev–Trinajstić information content (AvgIpc) is 3.79. The minimum Gasteiger partial charge on any atom is -0.484 e. The average molecular weight is 707 g/mol. The second kappa shape index (κ2) is 11.4. The SMILES string of the molecule is NS(=O)(=O)c1ccc(NC(=O)COc2ccc([C@H]3c4sc(=O)[nH]c4SC4C3[C@H]3C[C@@H]4C4C(=O)N(c5ccc(F)cc5)C(=O)C43)cc2)cc1. The zero-order chi connectivity index (χ0) is 33.5. The maximum atomic E-state index is 13.9. The molecule has 1 saturated heterocycles. The van der Waals surface area contributed by atoms with Gasteiger partial charge in [0.05, 0.1) is 27.4 Å². The quantitative estimate of drug-likeness (QED) is 0.243. The first-order valence-electron chi connectivity index (χ1n) is 15.2. The first-order chi connectivity index (χ1) is 23.0. The second-order valence-corrected chi connectivity index (χ2v) is 16.2. The number of rotatable bonds is 7. The second-order valence-electron chi connectivity index (χ2n) is 12.4. The molecule has 2 aliphatic heterocycles. The maximum absolute atomic E-state index is 13.9. The highest BCUT2D eigenvalue weighted by Gasteiger charge is 2.69. The summed E-state index contributed by atoms with van der Waals surface area (Å²) in [6.07, 6.45) is 0.739.